The zero-order valence-corrected chi connectivity index (χ0v) is 10.4. The van der Waals surface area contributed by atoms with E-state index in [1.54, 1.807) is 6.33 Å². The van der Waals surface area contributed by atoms with Gasteiger partial charge in [-0.25, -0.2) is 9.78 Å². The number of carboxylic acid groups (broad SMARTS) is 1. The fraction of sp³-hybridized carbons (Fsp3) is 0.273. The molecular weight excluding hydrogens is 248 g/mol. The summed E-state index contributed by atoms with van der Waals surface area (Å²) in [6.07, 6.45) is 2.90. The van der Waals surface area contributed by atoms with Crippen LogP contribution in [0.5, 0.6) is 0 Å². The molecule has 0 saturated heterocycles. The first-order chi connectivity index (χ1) is 9.11. The molecule has 0 atom stereocenters. The number of nitrogen functional groups attached to an aromatic ring is 1. The fourth-order valence-corrected chi connectivity index (χ4v) is 1.59. The lowest BCUT2D eigenvalue weighted by Gasteiger charge is -2.09. The number of rotatable bonds is 5. The number of nitrogens with zero attached hydrogens (tertiary/aromatic N) is 4. The highest BCUT2D eigenvalue weighted by molar-refractivity contribution is 5.89. The first kappa shape index (κ1) is 12.8. The number of aromatic nitrogens is 4. The largest absolute Gasteiger partial charge is 0.478 e. The summed E-state index contributed by atoms with van der Waals surface area (Å²) in [6.45, 7) is 3.17. The van der Waals surface area contributed by atoms with Gasteiger partial charge in [-0.3, -0.25) is 0 Å². The molecule has 0 bridgehead atoms. The molecule has 100 valence electrons. The minimum absolute atomic E-state index is 0.0553. The number of hydrogen-bond acceptors (Lipinski definition) is 6. The number of hydrogen-bond donors (Lipinski definition) is 3. The van der Waals surface area contributed by atoms with Gasteiger partial charge in [-0.1, -0.05) is 0 Å². The van der Waals surface area contributed by atoms with E-state index in [-0.39, 0.29) is 11.3 Å². The summed E-state index contributed by atoms with van der Waals surface area (Å²) < 4.78 is 1.88. The number of carboxylic acids is 1. The molecule has 0 spiro atoms. The van der Waals surface area contributed by atoms with Crippen molar-refractivity contribution < 1.29 is 9.90 Å². The quantitative estimate of drug-likeness (QED) is 0.721. The van der Waals surface area contributed by atoms with E-state index in [1.165, 1.54) is 12.3 Å². The van der Waals surface area contributed by atoms with Gasteiger partial charge in [0.2, 0.25) is 0 Å². The number of pyridine rings is 1. The van der Waals surface area contributed by atoms with Gasteiger partial charge in [0.15, 0.2) is 5.82 Å². The predicted octanol–water partition coefficient (Wildman–Crippen LogP) is 0.585. The molecule has 2 heterocycles. The second-order valence-electron chi connectivity index (χ2n) is 3.85. The second kappa shape index (κ2) is 5.34. The summed E-state index contributed by atoms with van der Waals surface area (Å²) in [4.78, 5) is 14.7. The fourth-order valence-electron chi connectivity index (χ4n) is 1.59. The van der Waals surface area contributed by atoms with Gasteiger partial charge in [0, 0.05) is 12.7 Å². The lowest BCUT2D eigenvalue weighted by molar-refractivity contribution is 0.0696. The zero-order valence-electron chi connectivity index (χ0n) is 10.4. The third-order valence-corrected chi connectivity index (χ3v) is 2.61. The Morgan fingerprint density at radius 2 is 2.37 bits per heavy atom. The van der Waals surface area contributed by atoms with Gasteiger partial charge >= 0.3 is 5.97 Å². The van der Waals surface area contributed by atoms with Crippen LogP contribution in [0.4, 0.5) is 11.5 Å². The van der Waals surface area contributed by atoms with Gasteiger partial charge in [0.1, 0.15) is 12.1 Å². The average molecular weight is 262 g/mol. The van der Waals surface area contributed by atoms with E-state index >= 15 is 0 Å². The van der Waals surface area contributed by atoms with Crippen molar-refractivity contribution in [3.8, 4) is 0 Å². The highest BCUT2D eigenvalue weighted by Gasteiger charge is 2.09. The molecule has 8 nitrogen and oxygen atoms in total. The smallest absolute Gasteiger partial charge is 0.337 e. The maximum Gasteiger partial charge on any atom is 0.337 e. The summed E-state index contributed by atoms with van der Waals surface area (Å²) >= 11 is 0. The SMILES string of the molecule is CCn1cnnc1CNc1ncc(C(=O)O)cc1N. The van der Waals surface area contributed by atoms with E-state index in [4.69, 9.17) is 10.8 Å². The Hall–Kier alpha value is -2.64. The Labute approximate surface area is 109 Å². The highest BCUT2D eigenvalue weighted by atomic mass is 16.4. The molecule has 4 N–H and O–H groups in total. The van der Waals surface area contributed by atoms with Gasteiger partial charge in [-0.05, 0) is 13.0 Å². The molecule has 8 heteroatoms. The Balaban J connectivity index is 2.10. The topological polar surface area (TPSA) is 119 Å². The molecule has 0 unspecified atom stereocenters. The summed E-state index contributed by atoms with van der Waals surface area (Å²) in [7, 11) is 0. The first-order valence-electron chi connectivity index (χ1n) is 5.71. The average Bonchev–Trinajstić information content (AvgIpc) is 2.84. The van der Waals surface area contributed by atoms with E-state index in [1.807, 2.05) is 11.5 Å². The number of aryl methyl sites for hydroxylation is 1. The number of carbonyl (C=O) groups is 1. The van der Waals surface area contributed by atoms with Crippen molar-refractivity contribution in [1.29, 1.82) is 0 Å². The molecule has 19 heavy (non-hydrogen) atoms. The number of nitrogens with one attached hydrogen (secondary N) is 1. The maximum absolute atomic E-state index is 10.8. The Kier molecular flexibility index (Phi) is 3.60. The van der Waals surface area contributed by atoms with Crippen LogP contribution in [0.2, 0.25) is 0 Å². The third kappa shape index (κ3) is 2.79. The summed E-state index contributed by atoms with van der Waals surface area (Å²) in [6, 6.07) is 1.36. The van der Waals surface area contributed by atoms with Gasteiger partial charge in [-0.2, -0.15) is 0 Å². The molecule has 0 amide bonds. The summed E-state index contributed by atoms with van der Waals surface area (Å²) in [5, 5.41) is 19.6. The van der Waals surface area contributed by atoms with Crippen LogP contribution in [0.3, 0.4) is 0 Å². The standard InChI is InChI=1S/C11H14N6O2/c1-2-17-6-15-16-9(17)5-14-10-8(12)3-7(4-13-10)11(18)19/h3-4,6H,2,5,12H2,1H3,(H,13,14)(H,18,19). The molecule has 0 aromatic carbocycles. The van der Waals surface area contributed by atoms with Gasteiger partial charge in [0.05, 0.1) is 17.8 Å². The maximum atomic E-state index is 10.8. The van der Waals surface area contributed by atoms with Crippen LogP contribution < -0.4 is 11.1 Å². The Morgan fingerprint density at radius 1 is 1.58 bits per heavy atom. The van der Waals surface area contributed by atoms with E-state index in [2.05, 4.69) is 20.5 Å². The van der Waals surface area contributed by atoms with Crippen molar-refractivity contribution in [2.24, 2.45) is 0 Å². The van der Waals surface area contributed by atoms with Crippen molar-refractivity contribution in [1.82, 2.24) is 19.7 Å². The third-order valence-electron chi connectivity index (χ3n) is 2.61. The van der Waals surface area contributed by atoms with Crippen LogP contribution >= 0.6 is 0 Å². The Bertz CT molecular complexity index is 595. The predicted molar refractivity (Wildman–Crippen MR) is 68.6 cm³/mol. The van der Waals surface area contributed by atoms with Gasteiger partial charge in [0.25, 0.3) is 0 Å². The lowest BCUT2D eigenvalue weighted by Crippen LogP contribution is -2.10. The monoisotopic (exact) mass is 262 g/mol. The molecule has 0 radical (unpaired) electrons. The highest BCUT2D eigenvalue weighted by Crippen LogP contribution is 2.17. The molecule has 0 fully saturated rings. The molecular formula is C11H14N6O2. The van der Waals surface area contributed by atoms with Crippen molar-refractivity contribution in [3.63, 3.8) is 0 Å². The van der Waals surface area contributed by atoms with Crippen LogP contribution in [-0.2, 0) is 13.1 Å². The zero-order chi connectivity index (χ0) is 13.8. The van der Waals surface area contributed by atoms with Crippen molar-refractivity contribution in [2.45, 2.75) is 20.0 Å². The van der Waals surface area contributed by atoms with Crippen LogP contribution in [0, 0.1) is 0 Å². The van der Waals surface area contributed by atoms with Crippen LogP contribution in [0.15, 0.2) is 18.6 Å². The molecule has 2 aromatic heterocycles. The molecule has 0 aliphatic carbocycles. The van der Waals surface area contributed by atoms with Gasteiger partial charge < -0.3 is 20.7 Å². The number of nitrogens with two attached hydrogens (primary N) is 1. The van der Waals surface area contributed by atoms with Crippen LogP contribution in [-0.4, -0.2) is 30.8 Å². The number of anilines is 2. The minimum atomic E-state index is -1.06. The second-order valence-corrected chi connectivity index (χ2v) is 3.85. The molecule has 0 saturated carbocycles. The lowest BCUT2D eigenvalue weighted by atomic mass is 10.2. The van der Waals surface area contributed by atoms with Crippen molar-refractivity contribution in [2.75, 3.05) is 11.1 Å². The summed E-state index contributed by atoms with van der Waals surface area (Å²) in [5.41, 5.74) is 6.07. The Morgan fingerprint density at radius 3 is 3.00 bits per heavy atom. The minimum Gasteiger partial charge on any atom is -0.478 e. The molecule has 0 aliphatic heterocycles. The normalized spacial score (nSPS) is 10.4. The van der Waals surface area contributed by atoms with Crippen molar-refractivity contribution in [3.05, 3.63) is 30.0 Å². The summed E-state index contributed by atoms with van der Waals surface area (Å²) in [5.74, 6) is 0.123. The van der Waals surface area contributed by atoms with E-state index < -0.39 is 5.97 Å². The number of aromatic carboxylic acids is 1. The molecule has 0 aliphatic rings. The molecule has 2 aromatic rings. The van der Waals surface area contributed by atoms with Crippen LogP contribution in [0.1, 0.15) is 23.1 Å². The van der Waals surface area contributed by atoms with E-state index in [0.717, 1.165) is 12.4 Å². The van der Waals surface area contributed by atoms with E-state index in [0.29, 0.717) is 12.4 Å². The van der Waals surface area contributed by atoms with Crippen molar-refractivity contribution >= 4 is 17.5 Å². The first-order valence-corrected chi connectivity index (χ1v) is 5.71. The molecule has 2 rings (SSSR count). The van der Waals surface area contributed by atoms with Gasteiger partial charge in [-0.15, -0.1) is 10.2 Å². The van der Waals surface area contributed by atoms with E-state index in [9.17, 15) is 4.79 Å². The van der Waals surface area contributed by atoms with Crippen LogP contribution in [0.25, 0.3) is 0 Å².